The summed E-state index contributed by atoms with van der Waals surface area (Å²) in [5.41, 5.74) is 0.967. The smallest absolute Gasteiger partial charge is 0.0626 e. The quantitative estimate of drug-likeness (QED) is 0.536. The summed E-state index contributed by atoms with van der Waals surface area (Å²) >= 11 is 3.38. The Kier molecular flexibility index (Phi) is 9.50. The fourth-order valence-corrected chi connectivity index (χ4v) is 1.74. The van der Waals surface area contributed by atoms with Crippen molar-refractivity contribution in [1.82, 2.24) is 0 Å². The molecule has 102 valence electrons. The first-order chi connectivity index (χ1) is 9.34. The van der Waals surface area contributed by atoms with Crippen LogP contribution in [0, 0.1) is 63.7 Å². The van der Waals surface area contributed by atoms with Crippen molar-refractivity contribution in [2.45, 2.75) is 0 Å². The van der Waals surface area contributed by atoms with Crippen molar-refractivity contribution in [2.24, 2.45) is 4.99 Å². The fraction of sp³-hybridized carbons (Fsp3) is 0. The predicted molar refractivity (Wildman–Crippen MR) is 84.2 cm³/mol. The van der Waals surface area contributed by atoms with Gasteiger partial charge in [0, 0.05) is 33.7 Å². The SMILES string of the molecule is Brc1ccc(N=C[C]2[CH][CH][CH][CH]2)cc1.[CH]1[CH][CH][CH][CH]1.[Fe]. The number of rotatable bonds is 2. The van der Waals surface area contributed by atoms with Crippen LogP contribution in [0.15, 0.2) is 33.7 Å². The third-order valence-corrected chi connectivity index (χ3v) is 2.96. The molecule has 0 atom stereocenters. The number of aliphatic imine (C=N–C) groups is 1. The van der Waals surface area contributed by atoms with Gasteiger partial charge in [0.05, 0.1) is 5.69 Å². The van der Waals surface area contributed by atoms with Crippen molar-refractivity contribution in [1.29, 1.82) is 0 Å². The van der Waals surface area contributed by atoms with E-state index in [2.05, 4.69) is 20.9 Å². The molecule has 1 nitrogen and oxygen atoms in total. The van der Waals surface area contributed by atoms with Crippen molar-refractivity contribution in [3.8, 4) is 0 Å². The summed E-state index contributed by atoms with van der Waals surface area (Å²) in [4.78, 5) is 4.34. The van der Waals surface area contributed by atoms with E-state index in [9.17, 15) is 0 Å². The Morgan fingerprint density at radius 2 is 1.25 bits per heavy atom. The van der Waals surface area contributed by atoms with Gasteiger partial charge in [-0.25, -0.2) is 0 Å². The fourth-order valence-electron chi connectivity index (χ4n) is 1.47. The second-order valence-corrected chi connectivity index (χ2v) is 4.83. The molecule has 2 fully saturated rings. The Balaban J connectivity index is 0.000000283. The zero-order valence-electron chi connectivity index (χ0n) is 10.8. The molecule has 0 unspecified atom stereocenters. The maximum atomic E-state index is 4.34. The van der Waals surface area contributed by atoms with Crippen molar-refractivity contribution in [2.75, 3.05) is 0 Å². The van der Waals surface area contributed by atoms with Gasteiger partial charge in [-0.1, -0.05) is 15.9 Å². The van der Waals surface area contributed by atoms with Crippen LogP contribution in [0.5, 0.6) is 0 Å². The van der Waals surface area contributed by atoms with Gasteiger partial charge in [-0.2, -0.15) is 0 Å². The summed E-state index contributed by atoms with van der Waals surface area (Å²) in [6.07, 6.45) is 19.9. The minimum atomic E-state index is 0. The number of hydrogen-bond acceptors (Lipinski definition) is 1. The van der Waals surface area contributed by atoms with Gasteiger partial charge < -0.3 is 0 Å². The van der Waals surface area contributed by atoms with Crippen LogP contribution in [-0.2, 0) is 17.1 Å². The van der Waals surface area contributed by atoms with Crippen molar-refractivity contribution < 1.29 is 17.1 Å². The largest absolute Gasteiger partial charge is 0.261 e. The van der Waals surface area contributed by atoms with Gasteiger partial charge in [0.2, 0.25) is 0 Å². The topological polar surface area (TPSA) is 12.4 Å². The van der Waals surface area contributed by atoms with E-state index in [0.29, 0.717) is 0 Å². The molecule has 0 bridgehead atoms. The van der Waals surface area contributed by atoms with Gasteiger partial charge in [-0.05, 0) is 82.1 Å². The van der Waals surface area contributed by atoms with Crippen LogP contribution in [0.25, 0.3) is 0 Å². The maximum absolute atomic E-state index is 4.34. The van der Waals surface area contributed by atoms with E-state index < -0.39 is 0 Å². The molecule has 0 heterocycles. The molecular formula is C17H14BrFeN. The Hall–Kier alpha value is -0.111. The zero-order valence-corrected chi connectivity index (χ0v) is 13.5. The average Bonchev–Trinajstić information content (AvgIpc) is 3.14. The Bertz CT molecular complexity index is 371. The molecule has 1 aromatic carbocycles. The molecule has 0 amide bonds. The molecule has 0 aromatic heterocycles. The van der Waals surface area contributed by atoms with Crippen molar-refractivity contribution in [3.05, 3.63) is 92.4 Å². The molecule has 1 aromatic rings. The number of halogens is 1. The van der Waals surface area contributed by atoms with Gasteiger partial charge in [0.15, 0.2) is 0 Å². The van der Waals surface area contributed by atoms with Crippen LogP contribution in [0.3, 0.4) is 0 Å². The molecule has 3 heteroatoms. The van der Waals surface area contributed by atoms with Crippen LogP contribution in [0.1, 0.15) is 0 Å². The molecule has 0 spiro atoms. The number of nitrogens with zero attached hydrogens (tertiary/aromatic N) is 1. The number of hydrogen-bond donors (Lipinski definition) is 0. The van der Waals surface area contributed by atoms with Crippen LogP contribution >= 0.6 is 15.9 Å². The summed E-state index contributed by atoms with van der Waals surface area (Å²) in [5.74, 6) is 1.13. The Labute approximate surface area is 142 Å². The first-order valence-electron chi connectivity index (χ1n) is 6.02. The van der Waals surface area contributed by atoms with E-state index in [0.717, 1.165) is 16.1 Å². The van der Waals surface area contributed by atoms with E-state index in [-0.39, 0.29) is 17.1 Å². The molecule has 0 N–H and O–H groups in total. The molecule has 20 heavy (non-hydrogen) atoms. The van der Waals surface area contributed by atoms with Crippen LogP contribution in [0.4, 0.5) is 5.69 Å². The molecule has 10 radical (unpaired) electrons. The van der Waals surface area contributed by atoms with E-state index in [1.807, 2.05) is 88.3 Å². The molecule has 2 aliphatic carbocycles. The molecule has 2 saturated carbocycles. The first kappa shape index (κ1) is 17.9. The monoisotopic (exact) mass is 367 g/mol. The maximum Gasteiger partial charge on any atom is 0.0626 e. The van der Waals surface area contributed by atoms with Crippen molar-refractivity contribution >= 4 is 27.8 Å². The molecular weight excluding hydrogens is 354 g/mol. The van der Waals surface area contributed by atoms with Gasteiger partial charge in [-0.15, -0.1) is 0 Å². The zero-order chi connectivity index (χ0) is 13.3. The summed E-state index contributed by atoms with van der Waals surface area (Å²) in [7, 11) is 0. The van der Waals surface area contributed by atoms with Crippen molar-refractivity contribution in [3.63, 3.8) is 0 Å². The van der Waals surface area contributed by atoms with E-state index in [1.54, 1.807) is 0 Å². The summed E-state index contributed by atoms with van der Waals surface area (Å²) in [5, 5.41) is 0. The summed E-state index contributed by atoms with van der Waals surface area (Å²) in [6, 6.07) is 7.92. The van der Waals surface area contributed by atoms with E-state index in [4.69, 9.17) is 0 Å². The van der Waals surface area contributed by atoms with Gasteiger partial charge in [0.25, 0.3) is 0 Å². The third-order valence-electron chi connectivity index (χ3n) is 2.43. The van der Waals surface area contributed by atoms with E-state index >= 15 is 0 Å². The molecule has 3 rings (SSSR count). The minimum absolute atomic E-state index is 0. The molecule has 0 aliphatic heterocycles. The first-order valence-corrected chi connectivity index (χ1v) is 6.82. The standard InChI is InChI=1S/C12H9BrN.C5H5.Fe/c13-11-5-7-12(8-6-11)14-9-10-3-1-2-4-10;1-2-4-5-3-1;/h1-9H;1-5H;. The normalized spacial score (nSPS) is 18.6. The Morgan fingerprint density at radius 3 is 1.75 bits per heavy atom. The molecule has 0 saturated heterocycles. The van der Waals surface area contributed by atoms with Gasteiger partial charge >= 0.3 is 0 Å². The third kappa shape index (κ3) is 7.06. The van der Waals surface area contributed by atoms with Crippen LogP contribution in [-0.4, -0.2) is 6.21 Å². The predicted octanol–water partition coefficient (Wildman–Crippen LogP) is 4.58. The second-order valence-electron chi connectivity index (χ2n) is 3.92. The van der Waals surface area contributed by atoms with Crippen LogP contribution in [0.2, 0.25) is 0 Å². The Morgan fingerprint density at radius 1 is 0.750 bits per heavy atom. The molecule has 2 aliphatic rings. The van der Waals surface area contributed by atoms with E-state index in [1.165, 1.54) is 0 Å². The summed E-state index contributed by atoms with van der Waals surface area (Å²) in [6.45, 7) is 0. The van der Waals surface area contributed by atoms with Gasteiger partial charge in [0.1, 0.15) is 0 Å². The number of benzene rings is 1. The van der Waals surface area contributed by atoms with Gasteiger partial charge in [-0.3, -0.25) is 4.99 Å². The minimum Gasteiger partial charge on any atom is -0.261 e. The van der Waals surface area contributed by atoms with Crippen LogP contribution < -0.4 is 0 Å². The average molecular weight is 368 g/mol. The second kappa shape index (κ2) is 10.6. The summed E-state index contributed by atoms with van der Waals surface area (Å²) < 4.78 is 1.07.